The summed E-state index contributed by atoms with van der Waals surface area (Å²) in [6, 6.07) is 5.75. The number of amides is 1. The Labute approximate surface area is 113 Å². The number of H-pyrrole nitrogens is 1. The number of anilines is 1. The minimum absolute atomic E-state index is 0.00243. The summed E-state index contributed by atoms with van der Waals surface area (Å²) in [6.45, 7) is 8.22. The number of hydrogen-bond donors (Lipinski definition) is 2. The molecule has 0 aliphatic carbocycles. The van der Waals surface area contributed by atoms with Crippen molar-refractivity contribution in [2.75, 3.05) is 5.32 Å². The third-order valence-corrected chi connectivity index (χ3v) is 2.84. The average Bonchev–Trinajstić information content (AvgIpc) is 2.68. The summed E-state index contributed by atoms with van der Waals surface area (Å²) in [4.78, 5) is 19.6. The smallest absolute Gasteiger partial charge is 0.224 e. The van der Waals surface area contributed by atoms with E-state index < -0.39 is 0 Å². The highest BCUT2D eigenvalue weighted by atomic mass is 16.1. The van der Waals surface area contributed by atoms with Crippen LogP contribution >= 0.6 is 0 Å². The first-order valence-corrected chi connectivity index (χ1v) is 6.66. The van der Waals surface area contributed by atoms with E-state index in [-0.39, 0.29) is 11.3 Å². The topological polar surface area (TPSA) is 57.8 Å². The highest BCUT2D eigenvalue weighted by Crippen LogP contribution is 2.21. The third kappa shape index (κ3) is 3.56. The number of carbonyl (C=O) groups is 1. The van der Waals surface area contributed by atoms with Gasteiger partial charge < -0.3 is 10.3 Å². The molecule has 1 aromatic heterocycles. The fourth-order valence-corrected chi connectivity index (χ4v) is 1.99. The number of hydrogen-bond acceptors (Lipinski definition) is 2. The summed E-state index contributed by atoms with van der Waals surface area (Å²) in [5.74, 6) is 1.01. The Morgan fingerprint density at radius 1 is 1.37 bits per heavy atom. The first kappa shape index (κ1) is 13.6. The summed E-state index contributed by atoms with van der Waals surface area (Å²) in [5.41, 5.74) is 2.71. The number of benzene rings is 1. The van der Waals surface area contributed by atoms with Crippen molar-refractivity contribution in [3.05, 3.63) is 24.0 Å². The molecule has 102 valence electrons. The largest absolute Gasteiger partial charge is 0.342 e. The molecule has 0 bridgehead atoms. The highest BCUT2D eigenvalue weighted by molar-refractivity contribution is 5.93. The number of aryl methyl sites for hydroxylation is 1. The van der Waals surface area contributed by atoms with Crippen molar-refractivity contribution in [2.45, 2.75) is 40.5 Å². The summed E-state index contributed by atoms with van der Waals surface area (Å²) in [6.07, 6.45) is 1.38. The van der Waals surface area contributed by atoms with Gasteiger partial charge >= 0.3 is 0 Å². The number of rotatable bonds is 3. The monoisotopic (exact) mass is 259 g/mol. The molecule has 0 radical (unpaired) electrons. The Morgan fingerprint density at radius 3 is 2.74 bits per heavy atom. The first-order chi connectivity index (χ1) is 8.87. The van der Waals surface area contributed by atoms with E-state index >= 15 is 0 Å². The highest BCUT2D eigenvalue weighted by Gasteiger charge is 2.16. The zero-order valence-electron chi connectivity index (χ0n) is 12.0. The molecule has 0 aliphatic rings. The maximum Gasteiger partial charge on any atom is 0.224 e. The van der Waals surface area contributed by atoms with Gasteiger partial charge in [0.1, 0.15) is 5.82 Å². The number of nitrogens with zero attached hydrogens (tertiary/aromatic N) is 1. The van der Waals surface area contributed by atoms with Gasteiger partial charge in [0.05, 0.1) is 11.0 Å². The van der Waals surface area contributed by atoms with Crippen LogP contribution in [0.5, 0.6) is 0 Å². The molecule has 19 heavy (non-hydrogen) atoms. The van der Waals surface area contributed by atoms with E-state index in [0.717, 1.165) is 29.0 Å². The fourth-order valence-electron chi connectivity index (χ4n) is 1.99. The molecule has 0 saturated carbocycles. The number of aromatic nitrogens is 2. The SMILES string of the molecule is CCc1nc2ccc(NC(=O)CC(C)(C)C)cc2[nH]1. The first-order valence-electron chi connectivity index (χ1n) is 6.66. The molecular weight excluding hydrogens is 238 g/mol. The van der Waals surface area contributed by atoms with Crippen LogP contribution in [0.3, 0.4) is 0 Å². The van der Waals surface area contributed by atoms with E-state index in [1.165, 1.54) is 0 Å². The van der Waals surface area contributed by atoms with Crippen LogP contribution in [0, 0.1) is 5.41 Å². The van der Waals surface area contributed by atoms with Crippen molar-refractivity contribution in [1.82, 2.24) is 9.97 Å². The van der Waals surface area contributed by atoms with Gasteiger partial charge in [-0.3, -0.25) is 4.79 Å². The third-order valence-electron chi connectivity index (χ3n) is 2.84. The number of aromatic amines is 1. The molecule has 2 aromatic rings. The minimum Gasteiger partial charge on any atom is -0.342 e. The van der Waals surface area contributed by atoms with Gasteiger partial charge in [-0.15, -0.1) is 0 Å². The molecule has 1 amide bonds. The van der Waals surface area contributed by atoms with Crippen LogP contribution in [0.2, 0.25) is 0 Å². The molecule has 0 fully saturated rings. The molecule has 2 rings (SSSR count). The van der Waals surface area contributed by atoms with Crippen molar-refractivity contribution in [3.63, 3.8) is 0 Å². The summed E-state index contributed by atoms with van der Waals surface area (Å²) < 4.78 is 0. The predicted octanol–water partition coefficient (Wildman–Crippen LogP) is 3.50. The van der Waals surface area contributed by atoms with Gasteiger partial charge in [0.25, 0.3) is 0 Å². The summed E-state index contributed by atoms with van der Waals surface area (Å²) in [5, 5.41) is 2.93. The van der Waals surface area contributed by atoms with Crippen LogP contribution in [-0.4, -0.2) is 15.9 Å². The van der Waals surface area contributed by atoms with Gasteiger partial charge in [0.2, 0.25) is 5.91 Å². The second-order valence-electron chi connectivity index (χ2n) is 6.05. The van der Waals surface area contributed by atoms with Crippen molar-refractivity contribution >= 4 is 22.6 Å². The Balaban J connectivity index is 2.15. The quantitative estimate of drug-likeness (QED) is 0.886. The van der Waals surface area contributed by atoms with Gasteiger partial charge in [-0.05, 0) is 23.6 Å². The Morgan fingerprint density at radius 2 is 2.11 bits per heavy atom. The number of carbonyl (C=O) groups excluding carboxylic acids is 1. The van der Waals surface area contributed by atoms with E-state index in [2.05, 4.69) is 43.0 Å². The molecule has 0 aliphatic heterocycles. The van der Waals surface area contributed by atoms with Crippen molar-refractivity contribution in [2.24, 2.45) is 5.41 Å². The second kappa shape index (κ2) is 5.03. The summed E-state index contributed by atoms with van der Waals surface area (Å²) in [7, 11) is 0. The number of nitrogens with one attached hydrogen (secondary N) is 2. The Bertz CT molecular complexity index is 593. The standard InChI is InChI=1S/C15H21N3O/c1-5-13-17-11-7-6-10(8-12(11)18-13)16-14(19)9-15(2,3)4/h6-8H,5,9H2,1-4H3,(H,16,19)(H,17,18). The van der Waals surface area contributed by atoms with Crippen molar-refractivity contribution in [3.8, 4) is 0 Å². The second-order valence-corrected chi connectivity index (χ2v) is 6.05. The molecule has 0 saturated heterocycles. The van der Waals surface area contributed by atoms with Crippen LogP contribution in [0.1, 0.15) is 39.9 Å². The van der Waals surface area contributed by atoms with Gasteiger partial charge in [0.15, 0.2) is 0 Å². The van der Waals surface area contributed by atoms with E-state index in [1.807, 2.05) is 18.2 Å². The average molecular weight is 259 g/mol. The van der Waals surface area contributed by atoms with Gasteiger partial charge in [-0.1, -0.05) is 27.7 Å². The molecule has 0 unspecified atom stereocenters. The number of fused-ring (bicyclic) bond motifs is 1. The van der Waals surface area contributed by atoms with Crippen LogP contribution in [0.4, 0.5) is 5.69 Å². The van der Waals surface area contributed by atoms with Gasteiger partial charge in [-0.2, -0.15) is 0 Å². The Kier molecular flexibility index (Phi) is 3.60. The van der Waals surface area contributed by atoms with Crippen LogP contribution in [-0.2, 0) is 11.2 Å². The lowest BCUT2D eigenvalue weighted by Crippen LogP contribution is -2.19. The van der Waals surface area contributed by atoms with E-state index in [9.17, 15) is 4.79 Å². The van der Waals surface area contributed by atoms with Crippen LogP contribution in [0.15, 0.2) is 18.2 Å². The maximum absolute atomic E-state index is 11.9. The van der Waals surface area contributed by atoms with Gasteiger partial charge in [0, 0.05) is 18.5 Å². The molecule has 2 N–H and O–H groups in total. The lowest BCUT2D eigenvalue weighted by atomic mass is 9.92. The van der Waals surface area contributed by atoms with Crippen molar-refractivity contribution < 1.29 is 4.79 Å². The predicted molar refractivity (Wildman–Crippen MR) is 78.2 cm³/mol. The molecule has 1 heterocycles. The van der Waals surface area contributed by atoms with E-state index in [4.69, 9.17) is 0 Å². The maximum atomic E-state index is 11.9. The fraction of sp³-hybridized carbons (Fsp3) is 0.467. The van der Waals surface area contributed by atoms with Crippen LogP contribution < -0.4 is 5.32 Å². The summed E-state index contributed by atoms with van der Waals surface area (Å²) >= 11 is 0. The molecular formula is C15H21N3O. The lowest BCUT2D eigenvalue weighted by Gasteiger charge is -2.17. The van der Waals surface area contributed by atoms with Crippen molar-refractivity contribution in [1.29, 1.82) is 0 Å². The molecule has 0 atom stereocenters. The van der Waals surface area contributed by atoms with Crippen LogP contribution in [0.25, 0.3) is 11.0 Å². The lowest BCUT2D eigenvalue weighted by molar-refractivity contribution is -0.117. The normalized spacial score (nSPS) is 11.8. The van der Waals surface area contributed by atoms with E-state index in [0.29, 0.717) is 6.42 Å². The Hall–Kier alpha value is -1.84. The molecule has 0 spiro atoms. The number of imidazole rings is 1. The van der Waals surface area contributed by atoms with E-state index in [1.54, 1.807) is 0 Å². The molecule has 4 heteroatoms. The molecule has 4 nitrogen and oxygen atoms in total. The van der Waals surface area contributed by atoms with Gasteiger partial charge in [-0.25, -0.2) is 4.98 Å². The zero-order chi connectivity index (χ0) is 14.0. The molecule has 1 aromatic carbocycles. The zero-order valence-corrected chi connectivity index (χ0v) is 12.0. The minimum atomic E-state index is -0.00243.